The molecule has 2 aromatic carbocycles. The fourth-order valence-electron chi connectivity index (χ4n) is 3.61. The Balaban J connectivity index is 0. The Bertz CT molecular complexity index is 678. The zero-order valence-corrected chi connectivity index (χ0v) is 22.4. The first-order valence-corrected chi connectivity index (χ1v) is 9.93. The minimum absolute atomic E-state index is 0. The van der Waals surface area contributed by atoms with E-state index in [1.54, 1.807) is 0 Å². The van der Waals surface area contributed by atoms with Crippen LogP contribution in [0.1, 0.15) is 41.7 Å². The predicted molar refractivity (Wildman–Crippen MR) is 116 cm³/mol. The van der Waals surface area contributed by atoms with E-state index in [1.165, 1.54) is 39.2 Å². The third kappa shape index (κ3) is 9.43. The maximum atomic E-state index is 3.63. The maximum absolute atomic E-state index is 3.63. The number of halogens is 2. The van der Waals surface area contributed by atoms with Crippen LogP contribution in [0.4, 0.5) is 11.4 Å². The van der Waals surface area contributed by atoms with Gasteiger partial charge in [0.2, 0.25) is 0 Å². The van der Waals surface area contributed by atoms with Crippen LogP contribution in [0.2, 0.25) is 0 Å². The van der Waals surface area contributed by atoms with E-state index >= 15 is 0 Å². The minimum atomic E-state index is 0. The van der Waals surface area contributed by atoms with Crippen molar-refractivity contribution in [3.05, 3.63) is 58.1 Å². The van der Waals surface area contributed by atoms with Crippen molar-refractivity contribution in [3.63, 3.8) is 0 Å². The Morgan fingerprint density at radius 2 is 1.14 bits per heavy atom. The molecule has 0 bridgehead atoms. The largest absolute Gasteiger partial charge is 2.00 e. The molecule has 0 unspecified atom stereocenters. The van der Waals surface area contributed by atoms with E-state index in [9.17, 15) is 0 Å². The molecule has 0 amide bonds. The summed E-state index contributed by atoms with van der Waals surface area (Å²) in [5, 5.41) is 10.7. The predicted octanol–water partition coefficient (Wildman–Crippen LogP) is -1.14. The van der Waals surface area contributed by atoms with E-state index in [-0.39, 0.29) is 50.7 Å². The quantitative estimate of drug-likeness (QED) is 0.316. The third-order valence-corrected chi connectivity index (χ3v) is 4.88. The van der Waals surface area contributed by atoms with Crippen LogP contribution in [-0.2, 0) is 29.6 Å². The zero-order chi connectivity index (χ0) is 18.9. The molecule has 0 atom stereocenters. The van der Waals surface area contributed by atoms with Gasteiger partial charge in [0.25, 0.3) is 0 Å². The number of para-hydroxylation sites is 1. The van der Waals surface area contributed by atoms with Gasteiger partial charge in [0.15, 0.2) is 0 Å². The van der Waals surface area contributed by atoms with Crippen molar-refractivity contribution in [2.75, 3.05) is 36.8 Å². The van der Waals surface area contributed by atoms with Crippen molar-refractivity contribution in [1.82, 2.24) is 5.32 Å². The zero-order valence-electron chi connectivity index (χ0n) is 18.2. The molecule has 0 fully saturated rings. The molecule has 0 aromatic heterocycles. The summed E-state index contributed by atoms with van der Waals surface area (Å²) in [5.41, 5.74) is 9.42. The van der Waals surface area contributed by atoms with Gasteiger partial charge in [-0.25, -0.2) is 0 Å². The second-order valence-corrected chi connectivity index (χ2v) is 7.04. The molecule has 2 rings (SSSR count). The van der Waals surface area contributed by atoms with Crippen LogP contribution >= 0.6 is 0 Å². The van der Waals surface area contributed by atoms with E-state index in [0.717, 1.165) is 39.0 Å². The van der Waals surface area contributed by atoms with Crippen LogP contribution in [0, 0.1) is 20.8 Å². The minimum Gasteiger partial charge on any atom is -1.00 e. The topological polar surface area (TPSA) is 36.1 Å². The number of anilines is 2. The first-order chi connectivity index (χ1) is 12.6. The molecule has 0 aliphatic carbocycles. The van der Waals surface area contributed by atoms with Crippen LogP contribution in [0.15, 0.2) is 30.3 Å². The Morgan fingerprint density at radius 1 is 0.690 bits per heavy atom. The Labute approximate surface area is 208 Å². The van der Waals surface area contributed by atoms with E-state index < -0.39 is 0 Å². The maximum Gasteiger partial charge on any atom is 2.00 e. The van der Waals surface area contributed by atoms with Crippen molar-refractivity contribution >= 4 is 11.4 Å². The summed E-state index contributed by atoms with van der Waals surface area (Å²) < 4.78 is 0. The number of nitrogens with one attached hydrogen (secondary N) is 3. The summed E-state index contributed by atoms with van der Waals surface area (Å²) in [6.07, 6.45) is 2.14. The summed E-state index contributed by atoms with van der Waals surface area (Å²) in [6, 6.07) is 11.1. The van der Waals surface area contributed by atoms with Gasteiger partial charge in [-0.3, -0.25) is 0 Å². The van der Waals surface area contributed by atoms with E-state index in [2.05, 4.69) is 80.9 Å². The Morgan fingerprint density at radius 3 is 1.59 bits per heavy atom. The van der Waals surface area contributed by atoms with Crippen molar-refractivity contribution in [1.29, 1.82) is 0 Å². The molecule has 0 aliphatic heterocycles. The molecule has 0 saturated heterocycles. The molecule has 6 heteroatoms. The molecule has 3 nitrogen and oxygen atoms in total. The fourth-order valence-corrected chi connectivity index (χ4v) is 3.61. The first-order valence-electron chi connectivity index (χ1n) is 9.93. The fraction of sp³-hybridized carbons (Fsp3) is 0.478. The average Bonchev–Trinajstić information content (AvgIpc) is 2.62. The van der Waals surface area contributed by atoms with Crippen LogP contribution in [0.3, 0.4) is 0 Å². The first kappa shape index (κ1) is 30.7. The van der Waals surface area contributed by atoms with Crippen LogP contribution < -0.4 is 49.9 Å². The van der Waals surface area contributed by atoms with Crippen molar-refractivity contribution < 1.29 is 50.7 Å². The van der Waals surface area contributed by atoms with Gasteiger partial charge in [0.05, 0.1) is 0 Å². The molecule has 2 aromatic rings. The molecule has 0 spiro atoms. The van der Waals surface area contributed by atoms with Gasteiger partial charge in [-0.1, -0.05) is 49.7 Å². The molecule has 29 heavy (non-hydrogen) atoms. The van der Waals surface area contributed by atoms with E-state index in [4.69, 9.17) is 0 Å². The summed E-state index contributed by atoms with van der Waals surface area (Å²) in [5.74, 6) is 0. The third-order valence-electron chi connectivity index (χ3n) is 4.88. The number of rotatable bonds is 10. The van der Waals surface area contributed by atoms with Crippen molar-refractivity contribution in [3.8, 4) is 0 Å². The SMILES string of the molecule is CCc1cccc(CC)c1NCCNCCNc1c(C)cc(C)cc1C.[Br-].[Br-].[Co+2]. The number of aryl methyl sites for hydroxylation is 5. The van der Waals surface area contributed by atoms with Gasteiger partial charge in [-0.05, 0) is 55.9 Å². The second kappa shape index (κ2) is 16.2. The Hall–Kier alpha value is -0.534. The molecule has 0 heterocycles. The van der Waals surface area contributed by atoms with Gasteiger partial charge in [-0.2, -0.15) is 0 Å². The summed E-state index contributed by atoms with van der Waals surface area (Å²) in [6.45, 7) is 14.8. The van der Waals surface area contributed by atoms with E-state index in [0.29, 0.717) is 0 Å². The van der Waals surface area contributed by atoms with Gasteiger partial charge >= 0.3 is 16.8 Å². The molecule has 0 saturated carbocycles. The average molecular weight is 572 g/mol. The van der Waals surface area contributed by atoms with Crippen LogP contribution in [0.25, 0.3) is 0 Å². The molecule has 3 N–H and O–H groups in total. The van der Waals surface area contributed by atoms with Crippen molar-refractivity contribution in [2.24, 2.45) is 0 Å². The van der Waals surface area contributed by atoms with Crippen LogP contribution in [-0.4, -0.2) is 26.2 Å². The molecule has 0 aliphatic rings. The second-order valence-electron chi connectivity index (χ2n) is 7.04. The standard InChI is InChI=1S/C23H35N3.2BrH.Co/c1-6-20-9-8-10-21(7-2)23(20)26-14-12-24-11-13-25-22-18(4)15-17(3)16-19(22)5;;;/h8-10,15-16,24-26H,6-7,11-14H2,1-5H3;2*1H;/q;;;+2/p-2. The summed E-state index contributed by atoms with van der Waals surface area (Å²) in [4.78, 5) is 0. The van der Waals surface area contributed by atoms with Gasteiger partial charge in [0.1, 0.15) is 0 Å². The van der Waals surface area contributed by atoms with Gasteiger partial charge < -0.3 is 49.9 Å². The summed E-state index contributed by atoms with van der Waals surface area (Å²) >= 11 is 0. The molecular formula is C23H35Br2CoN3. The number of benzene rings is 2. The smallest absolute Gasteiger partial charge is 1.00 e. The number of hydrogen-bond donors (Lipinski definition) is 3. The van der Waals surface area contributed by atoms with Crippen molar-refractivity contribution in [2.45, 2.75) is 47.5 Å². The normalized spacial score (nSPS) is 9.69. The van der Waals surface area contributed by atoms with Crippen LogP contribution in [0.5, 0.6) is 0 Å². The summed E-state index contributed by atoms with van der Waals surface area (Å²) in [7, 11) is 0. The molecule has 165 valence electrons. The Kier molecular flexibility index (Phi) is 17.1. The monoisotopic (exact) mass is 570 g/mol. The molecule has 1 radical (unpaired) electrons. The van der Waals surface area contributed by atoms with Gasteiger partial charge in [0, 0.05) is 37.6 Å². The van der Waals surface area contributed by atoms with E-state index in [1.807, 2.05) is 0 Å². The van der Waals surface area contributed by atoms with Gasteiger partial charge in [-0.15, -0.1) is 0 Å². The molecular weight excluding hydrogens is 537 g/mol. The number of hydrogen-bond acceptors (Lipinski definition) is 3.